The quantitative estimate of drug-likeness (QED) is 0.236. The van der Waals surface area contributed by atoms with Crippen LogP contribution in [0.5, 0.6) is 0 Å². The fraction of sp³-hybridized carbons (Fsp3) is 0.412. The molecule has 6 heteroatoms. The molecule has 0 spiro atoms. The normalized spacial score (nSPS) is 18.6. The lowest BCUT2D eigenvalue weighted by molar-refractivity contribution is -0.134. The molecule has 2 N–H and O–H groups in total. The zero-order chi connectivity index (χ0) is 28.7. The molecule has 1 amide bonds. The van der Waals surface area contributed by atoms with Gasteiger partial charge in [0.25, 0.3) is 0 Å². The summed E-state index contributed by atoms with van der Waals surface area (Å²) in [5.74, 6) is 0.541. The average Bonchev–Trinajstić information content (AvgIpc) is 3.42. The molecule has 1 aliphatic rings. The third-order valence-electron chi connectivity index (χ3n) is 7.96. The molecule has 0 saturated heterocycles. The second kappa shape index (κ2) is 13.7. The van der Waals surface area contributed by atoms with Crippen molar-refractivity contribution in [2.24, 2.45) is 11.3 Å². The third kappa shape index (κ3) is 7.71. The van der Waals surface area contributed by atoms with Gasteiger partial charge in [0, 0.05) is 19.6 Å². The zero-order valence-corrected chi connectivity index (χ0v) is 26.2. The Labute approximate surface area is 247 Å². The van der Waals surface area contributed by atoms with Gasteiger partial charge in [-0.2, -0.15) is 0 Å². The summed E-state index contributed by atoms with van der Waals surface area (Å²) >= 11 is 5.85. The molecule has 4 atom stereocenters. The number of benzene rings is 3. The summed E-state index contributed by atoms with van der Waals surface area (Å²) in [6.45, 7) is 9.09. The lowest BCUT2D eigenvalue weighted by atomic mass is 9.86. The van der Waals surface area contributed by atoms with Crippen LogP contribution in [0.25, 0.3) is 0 Å². The molecule has 1 fully saturated rings. The van der Waals surface area contributed by atoms with E-state index in [-0.39, 0.29) is 17.4 Å². The van der Waals surface area contributed by atoms with Crippen LogP contribution in [-0.4, -0.2) is 40.7 Å². The molecule has 4 nitrogen and oxygen atoms in total. The molecule has 0 heterocycles. The van der Waals surface area contributed by atoms with E-state index in [0.717, 1.165) is 5.56 Å². The highest BCUT2D eigenvalue weighted by Crippen LogP contribution is 2.51. The molecular weight excluding hydrogens is 529 g/mol. The predicted molar refractivity (Wildman–Crippen MR) is 175 cm³/mol. The van der Waals surface area contributed by atoms with E-state index in [4.69, 9.17) is 12.2 Å². The van der Waals surface area contributed by atoms with Crippen molar-refractivity contribution in [2.75, 3.05) is 7.05 Å². The minimum Gasteiger partial charge on any atom is -0.360 e. The van der Waals surface area contributed by atoms with Crippen molar-refractivity contribution >= 4 is 41.8 Å². The highest BCUT2D eigenvalue weighted by atomic mass is 32.1. The lowest BCUT2D eigenvalue weighted by Crippen LogP contribution is -2.57. The Balaban J connectivity index is 1.46. The van der Waals surface area contributed by atoms with Crippen LogP contribution in [0.3, 0.4) is 0 Å². The van der Waals surface area contributed by atoms with Crippen LogP contribution in [0, 0.1) is 11.3 Å². The third-order valence-corrected chi connectivity index (χ3v) is 11.2. The van der Waals surface area contributed by atoms with Crippen molar-refractivity contribution in [3.63, 3.8) is 0 Å². The number of rotatable bonds is 9. The van der Waals surface area contributed by atoms with Gasteiger partial charge in [-0.15, -0.1) is 0 Å². The van der Waals surface area contributed by atoms with Crippen molar-refractivity contribution in [3.8, 4) is 0 Å². The summed E-state index contributed by atoms with van der Waals surface area (Å²) in [5.41, 5.74) is 1.38. The largest absolute Gasteiger partial charge is 0.360 e. The minimum absolute atomic E-state index is 0.0450. The van der Waals surface area contributed by atoms with Gasteiger partial charge in [-0.1, -0.05) is 118 Å². The number of nitrogens with one attached hydrogen (secondary N) is 2. The van der Waals surface area contributed by atoms with Crippen LogP contribution in [0.2, 0.25) is 0 Å². The van der Waals surface area contributed by atoms with Gasteiger partial charge in [0.1, 0.15) is 6.04 Å². The number of carbonyl (C=O) groups is 1. The number of hydrogen-bond acceptors (Lipinski definition) is 2. The maximum absolute atomic E-state index is 13.6. The van der Waals surface area contributed by atoms with E-state index < -0.39 is 14.0 Å². The second-order valence-electron chi connectivity index (χ2n) is 12.1. The highest BCUT2D eigenvalue weighted by molar-refractivity contribution is 7.80. The Bertz CT molecular complexity index is 1190. The fourth-order valence-corrected chi connectivity index (χ4v) is 9.46. The summed E-state index contributed by atoms with van der Waals surface area (Å²) in [7, 11) is 1.38. The Morgan fingerprint density at radius 3 is 1.95 bits per heavy atom. The van der Waals surface area contributed by atoms with Gasteiger partial charge >= 0.3 is 0 Å². The highest BCUT2D eigenvalue weighted by Gasteiger charge is 2.39. The first-order valence-corrected chi connectivity index (χ1v) is 16.2. The van der Waals surface area contributed by atoms with Gasteiger partial charge < -0.3 is 15.5 Å². The molecule has 3 aromatic rings. The van der Waals surface area contributed by atoms with Crippen molar-refractivity contribution < 1.29 is 4.79 Å². The van der Waals surface area contributed by atoms with Crippen molar-refractivity contribution in [1.82, 2.24) is 15.5 Å². The molecule has 4 rings (SSSR count). The van der Waals surface area contributed by atoms with Gasteiger partial charge in [-0.25, -0.2) is 0 Å². The molecule has 0 radical (unpaired) electrons. The molecule has 0 aromatic heterocycles. The van der Waals surface area contributed by atoms with Crippen LogP contribution < -0.4 is 21.2 Å². The summed E-state index contributed by atoms with van der Waals surface area (Å²) in [6, 6.07) is 31.9. The van der Waals surface area contributed by atoms with Gasteiger partial charge in [0.2, 0.25) is 5.91 Å². The Hall–Kier alpha value is -2.75. The number of carbonyl (C=O) groups excluding carboxylic acids is 1. The smallest absolute Gasteiger partial charge is 0.245 e. The molecule has 2 unspecified atom stereocenters. The molecule has 0 bridgehead atoms. The van der Waals surface area contributed by atoms with Crippen molar-refractivity contribution in [1.29, 1.82) is 0 Å². The first kappa shape index (κ1) is 30.2. The maximum atomic E-state index is 13.6. The number of amides is 1. The minimum atomic E-state index is -0.492. The van der Waals surface area contributed by atoms with Crippen LogP contribution in [0.15, 0.2) is 91.0 Å². The number of nitrogens with zero attached hydrogens (tertiary/aromatic N) is 1. The van der Waals surface area contributed by atoms with E-state index in [9.17, 15) is 4.79 Å². The van der Waals surface area contributed by atoms with Gasteiger partial charge in [0.05, 0.1) is 0 Å². The molecular formula is C34H44N3OPS. The SMILES string of the molecule is C[C@@H](NC(=S)N[C@@H](C(=O)N(C)Cc1ccccc1)C(C)(C)C)C1CCCC1P(c1ccccc1)c1ccccc1. The van der Waals surface area contributed by atoms with Gasteiger partial charge in [-0.3, -0.25) is 4.79 Å². The summed E-state index contributed by atoms with van der Waals surface area (Å²) in [5, 5.41) is 10.5. The van der Waals surface area contributed by atoms with E-state index in [1.54, 1.807) is 4.90 Å². The van der Waals surface area contributed by atoms with E-state index >= 15 is 0 Å². The average molecular weight is 574 g/mol. The molecule has 3 aromatic carbocycles. The predicted octanol–water partition coefficient (Wildman–Crippen LogP) is 6.21. The van der Waals surface area contributed by atoms with Crippen LogP contribution in [0.4, 0.5) is 0 Å². The molecule has 1 aliphatic carbocycles. The van der Waals surface area contributed by atoms with E-state index in [1.807, 2.05) is 25.2 Å². The standard InChI is InChI=1S/C34H44N3OPS/c1-25(29-22-15-23-30(29)39(27-18-11-7-12-19-27)28-20-13-8-14-21-28)35-33(40)36-31(34(2,3)4)32(38)37(5)24-26-16-9-6-10-17-26/h6-14,16-21,25,29-31H,15,22-24H2,1-5H3,(H2,35,36,40)/t25-,29?,30?,31+/m1/s1. The van der Waals surface area contributed by atoms with E-state index in [0.29, 0.717) is 23.2 Å². The second-order valence-corrected chi connectivity index (χ2v) is 14.9. The van der Waals surface area contributed by atoms with Gasteiger partial charge in [-0.05, 0) is 73.1 Å². The van der Waals surface area contributed by atoms with Crippen LogP contribution >= 0.6 is 20.1 Å². The summed E-state index contributed by atoms with van der Waals surface area (Å²) < 4.78 is 0. The number of likely N-dealkylation sites (N-methyl/N-ethyl adjacent to an activating group) is 1. The molecule has 212 valence electrons. The molecule has 0 aliphatic heterocycles. The van der Waals surface area contributed by atoms with Gasteiger partial charge in [0.15, 0.2) is 5.11 Å². The topological polar surface area (TPSA) is 44.4 Å². The zero-order valence-electron chi connectivity index (χ0n) is 24.5. The monoisotopic (exact) mass is 573 g/mol. The lowest BCUT2D eigenvalue weighted by Gasteiger charge is -2.37. The Morgan fingerprint density at radius 1 is 0.900 bits per heavy atom. The van der Waals surface area contributed by atoms with E-state index in [2.05, 4.69) is 111 Å². The van der Waals surface area contributed by atoms with E-state index in [1.165, 1.54) is 29.9 Å². The Morgan fingerprint density at radius 2 is 1.43 bits per heavy atom. The molecule has 1 saturated carbocycles. The Kier molecular flexibility index (Phi) is 10.4. The fourth-order valence-electron chi connectivity index (χ4n) is 5.87. The first-order chi connectivity index (χ1) is 19.1. The maximum Gasteiger partial charge on any atom is 0.245 e. The number of thiocarbonyl (C=S) groups is 1. The van der Waals surface area contributed by atoms with Crippen molar-refractivity contribution in [3.05, 3.63) is 96.6 Å². The van der Waals surface area contributed by atoms with Crippen LogP contribution in [-0.2, 0) is 11.3 Å². The first-order valence-electron chi connectivity index (χ1n) is 14.4. The molecule has 40 heavy (non-hydrogen) atoms. The number of hydrogen-bond donors (Lipinski definition) is 2. The summed E-state index contributed by atoms with van der Waals surface area (Å²) in [4.78, 5) is 15.4. The summed E-state index contributed by atoms with van der Waals surface area (Å²) in [6.07, 6.45) is 3.63. The van der Waals surface area contributed by atoms with Crippen molar-refractivity contribution in [2.45, 2.75) is 71.2 Å². The van der Waals surface area contributed by atoms with Crippen LogP contribution in [0.1, 0.15) is 52.5 Å².